The molecule has 0 spiro atoms. The van der Waals surface area contributed by atoms with Crippen molar-refractivity contribution in [2.24, 2.45) is 0 Å². The summed E-state index contributed by atoms with van der Waals surface area (Å²) in [6.45, 7) is 6.59. The molecule has 1 aliphatic heterocycles. The third kappa shape index (κ3) is 3.19. The number of nitrogens with zero attached hydrogens (tertiary/aromatic N) is 1. The molecule has 0 N–H and O–H groups in total. The summed E-state index contributed by atoms with van der Waals surface area (Å²) in [5.74, 6) is 1.25. The van der Waals surface area contributed by atoms with Crippen molar-refractivity contribution in [2.75, 3.05) is 0 Å². The van der Waals surface area contributed by atoms with E-state index in [1.165, 1.54) is 55.2 Å². The number of rotatable bonds is 2. The standard InChI is InChI=1S/C33H27NOS/c1-19-14-20(2)33(21(3)15-19)22-8-11-29-26(16-22)27-18-24(36)10-12-30(27)34(29)23-9-13-32-28(17-23)25-6-4-5-7-31(25)35-32/h4-18,25,31,36H,1-3H3. The van der Waals surface area contributed by atoms with Crippen LogP contribution in [-0.4, -0.2) is 10.7 Å². The molecule has 4 aromatic carbocycles. The molecule has 2 heterocycles. The Morgan fingerprint density at radius 1 is 0.750 bits per heavy atom. The second-order valence-electron chi connectivity index (χ2n) is 10.1. The second-order valence-corrected chi connectivity index (χ2v) is 10.7. The maximum Gasteiger partial charge on any atom is 0.128 e. The molecule has 1 aliphatic carbocycles. The monoisotopic (exact) mass is 485 g/mol. The van der Waals surface area contributed by atoms with Crippen LogP contribution in [0.1, 0.15) is 28.2 Å². The molecule has 7 rings (SSSR count). The lowest BCUT2D eigenvalue weighted by atomic mass is 9.92. The SMILES string of the molecule is Cc1cc(C)c(-c2ccc3c(c2)c2cc(S)ccc2n3-c2ccc3c(c2)C2C=CC=CC2O3)c(C)c1. The molecule has 0 bridgehead atoms. The molecule has 0 saturated heterocycles. The summed E-state index contributed by atoms with van der Waals surface area (Å²) in [7, 11) is 0. The lowest BCUT2D eigenvalue weighted by molar-refractivity contribution is 0.269. The van der Waals surface area contributed by atoms with E-state index >= 15 is 0 Å². The van der Waals surface area contributed by atoms with Crippen LogP contribution in [0.25, 0.3) is 38.6 Å². The van der Waals surface area contributed by atoms with Crippen LogP contribution < -0.4 is 4.74 Å². The van der Waals surface area contributed by atoms with Crippen LogP contribution in [0.3, 0.4) is 0 Å². The van der Waals surface area contributed by atoms with Crippen LogP contribution in [0.4, 0.5) is 0 Å². The Kier molecular flexibility index (Phi) is 4.74. The van der Waals surface area contributed by atoms with E-state index in [1.807, 2.05) is 0 Å². The molecular formula is C33H27NOS. The van der Waals surface area contributed by atoms with Crippen LogP contribution >= 0.6 is 12.6 Å². The zero-order valence-corrected chi connectivity index (χ0v) is 21.5. The minimum absolute atomic E-state index is 0.0914. The highest BCUT2D eigenvalue weighted by Crippen LogP contribution is 2.44. The molecular weight excluding hydrogens is 458 g/mol. The molecule has 2 atom stereocenters. The molecule has 5 aromatic rings. The largest absolute Gasteiger partial charge is 0.485 e. The van der Waals surface area contributed by atoms with Gasteiger partial charge >= 0.3 is 0 Å². The van der Waals surface area contributed by atoms with E-state index in [4.69, 9.17) is 4.74 Å². The van der Waals surface area contributed by atoms with Crippen LogP contribution in [0, 0.1) is 20.8 Å². The Morgan fingerprint density at radius 2 is 1.47 bits per heavy atom. The minimum Gasteiger partial charge on any atom is -0.485 e. The highest BCUT2D eigenvalue weighted by molar-refractivity contribution is 7.80. The molecule has 36 heavy (non-hydrogen) atoms. The second kappa shape index (κ2) is 7.91. The average molecular weight is 486 g/mol. The molecule has 3 heteroatoms. The number of benzene rings is 4. The molecule has 0 fully saturated rings. The van der Waals surface area contributed by atoms with Gasteiger partial charge < -0.3 is 9.30 Å². The summed E-state index contributed by atoms with van der Waals surface area (Å²) in [6, 6.07) is 24.5. The topological polar surface area (TPSA) is 14.2 Å². The normalized spacial score (nSPS) is 18.0. The highest BCUT2D eigenvalue weighted by atomic mass is 32.1. The number of hydrogen-bond acceptors (Lipinski definition) is 2. The number of ether oxygens (including phenoxy) is 1. The van der Waals surface area contributed by atoms with Gasteiger partial charge in [0.2, 0.25) is 0 Å². The summed E-state index contributed by atoms with van der Waals surface area (Å²) in [5.41, 5.74) is 11.3. The van der Waals surface area contributed by atoms with Crippen molar-refractivity contribution in [3.63, 3.8) is 0 Å². The van der Waals surface area contributed by atoms with Gasteiger partial charge in [0.15, 0.2) is 0 Å². The summed E-state index contributed by atoms with van der Waals surface area (Å²) < 4.78 is 8.59. The summed E-state index contributed by atoms with van der Waals surface area (Å²) >= 11 is 4.69. The first-order chi connectivity index (χ1) is 17.5. The van der Waals surface area contributed by atoms with Gasteiger partial charge in [-0.05, 0) is 97.6 Å². The summed E-state index contributed by atoms with van der Waals surface area (Å²) in [5, 5.41) is 2.46. The Balaban J connectivity index is 1.47. The van der Waals surface area contributed by atoms with Crippen LogP contribution in [0.15, 0.2) is 95.9 Å². The van der Waals surface area contributed by atoms with Gasteiger partial charge in [-0.15, -0.1) is 12.6 Å². The fourth-order valence-corrected chi connectivity index (χ4v) is 6.45. The predicted octanol–water partition coefficient (Wildman–Crippen LogP) is 8.64. The minimum atomic E-state index is 0.0914. The van der Waals surface area contributed by atoms with Gasteiger partial charge in [-0.2, -0.15) is 0 Å². The highest BCUT2D eigenvalue weighted by Gasteiger charge is 2.32. The lowest BCUT2D eigenvalue weighted by Gasteiger charge is -2.14. The fourth-order valence-electron chi connectivity index (χ4n) is 6.25. The van der Waals surface area contributed by atoms with Crippen molar-refractivity contribution in [3.05, 3.63) is 113 Å². The van der Waals surface area contributed by atoms with Gasteiger partial charge in [0.05, 0.1) is 11.0 Å². The zero-order valence-electron chi connectivity index (χ0n) is 20.6. The maximum absolute atomic E-state index is 6.21. The number of aromatic nitrogens is 1. The Morgan fingerprint density at radius 3 is 2.28 bits per heavy atom. The quantitative estimate of drug-likeness (QED) is 0.247. The molecule has 2 nitrogen and oxygen atoms in total. The van der Waals surface area contributed by atoms with Crippen molar-refractivity contribution in [3.8, 4) is 22.6 Å². The predicted molar refractivity (Wildman–Crippen MR) is 153 cm³/mol. The Labute approximate surface area is 216 Å². The van der Waals surface area contributed by atoms with Gasteiger partial charge in [0, 0.05) is 32.8 Å². The third-order valence-corrected chi connectivity index (χ3v) is 7.95. The van der Waals surface area contributed by atoms with Crippen LogP contribution in [0.5, 0.6) is 5.75 Å². The Bertz CT molecular complexity index is 1750. The Hall–Kier alpha value is -3.69. The molecule has 0 amide bonds. The number of hydrogen-bond donors (Lipinski definition) is 1. The van der Waals surface area contributed by atoms with Gasteiger partial charge in [-0.1, -0.05) is 42.0 Å². The van der Waals surface area contributed by atoms with E-state index in [-0.39, 0.29) is 12.0 Å². The van der Waals surface area contributed by atoms with Crippen molar-refractivity contribution in [2.45, 2.75) is 37.7 Å². The first kappa shape index (κ1) is 21.6. The van der Waals surface area contributed by atoms with Gasteiger partial charge in [-0.3, -0.25) is 0 Å². The van der Waals surface area contributed by atoms with Crippen LogP contribution in [-0.2, 0) is 0 Å². The molecule has 0 saturated carbocycles. The van der Waals surface area contributed by atoms with Gasteiger partial charge in [-0.25, -0.2) is 0 Å². The van der Waals surface area contributed by atoms with E-state index in [0.29, 0.717) is 0 Å². The van der Waals surface area contributed by atoms with E-state index in [9.17, 15) is 0 Å². The molecule has 2 unspecified atom stereocenters. The smallest absolute Gasteiger partial charge is 0.128 e. The van der Waals surface area contributed by atoms with E-state index in [0.717, 1.165) is 16.3 Å². The van der Waals surface area contributed by atoms with E-state index < -0.39 is 0 Å². The summed E-state index contributed by atoms with van der Waals surface area (Å²) in [6.07, 6.45) is 8.68. The first-order valence-electron chi connectivity index (χ1n) is 12.5. The molecule has 1 aromatic heterocycles. The van der Waals surface area contributed by atoms with Crippen molar-refractivity contribution >= 4 is 34.4 Å². The van der Waals surface area contributed by atoms with Crippen LogP contribution in [0.2, 0.25) is 0 Å². The average Bonchev–Trinajstić information content (AvgIpc) is 3.38. The first-order valence-corrected chi connectivity index (χ1v) is 12.9. The zero-order chi connectivity index (χ0) is 24.6. The van der Waals surface area contributed by atoms with Crippen molar-refractivity contribution in [1.29, 1.82) is 0 Å². The third-order valence-electron chi connectivity index (χ3n) is 7.67. The van der Waals surface area contributed by atoms with Crippen molar-refractivity contribution in [1.82, 2.24) is 4.57 Å². The number of fused-ring (bicyclic) bond motifs is 6. The van der Waals surface area contributed by atoms with Crippen molar-refractivity contribution < 1.29 is 4.74 Å². The summed E-state index contributed by atoms with van der Waals surface area (Å²) in [4.78, 5) is 0.971. The molecule has 176 valence electrons. The lowest BCUT2D eigenvalue weighted by Crippen LogP contribution is -2.15. The fraction of sp³-hybridized carbons (Fsp3) is 0.152. The van der Waals surface area contributed by atoms with E-state index in [2.05, 4.69) is 129 Å². The number of thiol groups is 1. The maximum atomic E-state index is 6.21. The molecule has 2 aliphatic rings. The molecule has 0 radical (unpaired) electrons. The van der Waals surface area contributed by atoms with Gasteiger partial charge in [0.25, 0.3) is 0 Å². The van der Waals surface area contributed by atoms with E-state index in [1.54, 1.807) is 0 Å². The number of aryl methyl sites for hydroxylation is 3. The number of allylic oxidation sites excluding steroid dienone is 2. The van der Waals surface area contributed by atoms with Gasteiger partial charge in [0.1, 0.15) is 11.9 Å².